The second-order valence-electron chi connectivity index (χ2n) is 4.95. The van der Waals surface area contributed by atoms with Crippen LogP contribution in [-0.4, -0.2) is 49.3 Å². The molecule has 1 heterocycles. The van der Waals surface area contributed by atoms with Crippen LogP contribution in [0.2, 0.25) is 0 Å². The zero-order chi connectivity index (χ0) is 14.1. The van der Waals surface area contributed by atoms with Crippen molar-refractivity contribution in [3.05, 3.63) is 0 Å². The van der Waals surface area contributed by atoms with Gasteiger partial charge in [0.2, 0.25) is 5.91 Å². The number of nitrogens with one attached hydrogen (secondary N) is 2. The van der Waals surface area contributed by atoms with Gasteiger partial charge in [-0.2, -0.15) is 0 Å². The van der Waals surface area contributed by atoms with Crippen LogP contribution in [0.1, 0.15) is 38.5 Å². The van der Waals surface area contributed by atoms with E-state index in [9.17, 15) is 9.59 Å². The normalized spacial score (nSPS) is 20.8. The van der Waals surface area contributed by atoms with Crippen LogP contribution in [0.25, 0.3) is 0 Å². The molecule has 0 aliphatic carbocycles. The summed E-state index contributed by atoms with van der Waals surface area (Å²) in [6, 6.07) is 0.441. The van der Waals surface area contributed by atoms with E-state index in [0.29, 0.717) is 12.5 Å². The lowest BCUT2D eigenvalue weighted by Gasteiger charge is -2.23. The zero-order valence-electron chi connectivity index (χ0n) is 11.5. The molecule has 0 aromatic rings. The van der Waals surface area contributed by atoms with Crippen LogP contribution in [-0.2, 0) is 14.3 Å². The van der Waals surface area contributed by atoms with Crippen LogP contribution < -0.4 is 10.6 Å². The molecule has 1 amide bonds. The average molecular weight is 272 g/mol. The van der Waals surface area contributed by atoms with Crippen LogP contribution in [0.3, 0.4) is 0 Å². The topological polar surface area (TPSA) is 87.7 Å². The van der Waals surface area contributed by atoms with Crippen LogP contribution in [0.5, 0.6) is 0 Å². The molecule has 0 saturated carbocycles. The number of ether oxygens (including phenoxy) is 1. The fourth-order valence-corrected chi connectivity index (χ4v) is 2.23. The van der Waals surface area contributed by atoms with E-state index in [0.717, 1.165) is 19.4 Å². The maximum absolute atomic E-state index is 11.6. The number of piperidine rings is 1. The first-order valence-electron chi connectivity index (χ1n) is 6.86. The van der Waals surface area contributed by atoms with Crippen molar-refractivity contribution in [1.82, 2.24) is 10.6 Å². The summed E-state index contributed by atoms with van der Waals surface area (Å²) in [5.74, 6) is -0.965. The van der Waals surface area contributed by atoms with Gasteiger partial charge < -0.3 is 20.5 Å². The van der Waals surface area contributed by atoms with Crippen molar-refractivity contribution in [1.29, 1.82) is 0 Å². The third-order valence-corrected chi connectivity index (χ3v) is 3.39. The molecule has 6 nitrogen and oxygen atoms in total. The van der Waals surface area contributed by atoms with E-state index in [2.05, 4.69) is 10.6 Å². The summed E-state index contributed by atoms with van der Waals surface area (Å²) in [7, 11) is 1.45. The van der Waals surface area contributed by atoms with Crippen LogP contribution in [0.15, 0.2) is 0 Å². The van der Waals surface area contributed by atoms with Gasteiger partial charge in [-0.15, -0.1) is 0 Å². The molecule has 3 N–H and O–H groups in total. The van der Waals surface area contributed by atoms with Crippen LogP contribution in [0, 0.1) is 0 Å². The van der Waals surface area contributed by atoms with Crippen LogP contribution >= 0.6 is 0 Å². The summed E-state index contributed by atoms with van der Waals surface area (Å²) in [5.41, 5.74) is 0. The Morgan fingerprint density at radius 3 is 2.84 bits per heavy atom. The van der Waals surface area contributed by atoms with Gasteiger partial charge in [0.15, 0.2) is 0 Å². The molecule has 6 heteroatoms. The summed E-state index contributed by atoms with van der Waals surface area (Å²) in [4.78, 5) is 22.2. The van der Waals surface area contributed by atoms with Crippen molar-refractivity contribution in [2.24, 2.45) is 0 Å². The molecule has 19 heavy (non-hydrogen) atoms. The van der Waals surface area contributed by atoms with Crippen molar-refractivity contribution in [2.45, 2.75) is 50.7 Å². The van der Waals surface area contributed by atoms with E-state index in [1.165, 1.54) is 20.0 Å². The summed E-state index contributed by atoms with van der Waals surface area (Å²) >= 11 is 0. The second-order valence-corrected chi connectivity index (χ2v) is 4.95. The highest BCUT2D eigenvalue weighted by Crippen LogP contribution is 2.11. The van der Waals surface area contributed by atoms with E-state index in [1.807, 2.05) is 0 Å². The lowest BCUT2D eigenvalue weighted by Crippen LogP contribution is -2.37. The molecule has 1 aliphatic heterocycles. The van der Waals surface area contributed by atoms with Crippen molar-refractivity contribution in [2.75, 3.05) is 20.2 Å². The SMILES string of the molecule is COC(CNC(=O)CCC1CCCCN1)CC(=O)O. The number of carboxylic acid groups (broad SMARTS) is 1. The fraction of sp³-hybridized carbons (Fsp3) is 0.846. The summed E-state index contributed by atoms with van der Waals surface area (Å²) in [6.45, 7) is 1.29. The summed E-state index contributed by atoms with van der Waals surface area (Å²) in [6.07, 6.45) is 4.32. The number of hydrogen-bond donors (Lipinski definition) is 3. The molecule has 2 atom stereocenters. The van der Waals surface area contributed by atoms with E-state index < -0.39 is 12.1 Å². The Hall–Kier alpha value is -1.14. The minimum atomic E-state index is -0.924. The number of carbonyl (C=O) groups is 2. The van der Waals surface area contributed by atoms with Gasteiger partial charge in [0.25, 0.3) is 0 Å². The Morgan fingerprint density at radius 1 is 1.47 bits per heavy atom. The molecule has 110 valence electrons. The molecular formula is C13H24N2O4. The van der Waals surface area contributed by atoms with Crippen molar-refractivity contribution in [3.8, 4) is 0 Å². The molecule has 2 unspecified atom stereocenters. The van der Waals surface area contributed by atoms with Gasteiger partial charge in [-0.3, -0.25) is 9.59 Å². The lowest BCUT2D eigenvalue weighted by molar-refractivity contribution is -0.140. The lowest BCUT2D eigenvalue weighted by atomic mass is 10.0. The molecular weight excluding hydrogens is 248 g/mol. The minimum absolute atomic E-state index is 0.0418. The molecule has 0 radical (unpaired) electrons. The first kappa shape index (κ1) is 15.9. The smallest absolute Gasteiger partial charge is 0.306 e. The minimum Gasteiger partial charge on any atom is -0.481 e. The van der Waals surface area contributed by atoms with Crippen LogP contribution in [0.4, 0.5) is 0 Å². The first-order valence-corrected chi connectivity index (χ1v) is 6.86. The largest absolute Gasteiger partial charge is 0.481 e. The summed E-state index contributed by atoms with van der Waals surface area (Å²) in [5, 5.41) is 14.8. The Labute approximate surface area is 113 Å². The maximum atomic E-state index is 11.6. The predicted molar refractivity (Wildman–Crippen MR) is 70.9 cm³/mol. The number of amides is 1. The standard InChI is InChI=1S/C13H24N2O4/c1-19-11(8-13(17)18)9-15-12(16)6-5-10-4-2-3-7-14-10/h10-11,14H,2-9H2,1H3,(H,15,16)(H,17,18). The Morgan fingerprint density at radius 2 is 2.26 bits per heavy atom. The molecule has 0 aromatic heterocycles. The zero-order valence-corrected chi connectivity index (χ0v) is 11.5. The van der Waals surface area contributed by atoms with Crippen molar-refractivity contribution in [3.63, 3.8) is 0 Å². The Bertz CT molecular complexity index is 290. The van der Waals surface area contributed by atoms with Gasteiger partial charge in [0.05, 0.1) is 12.5 Å². The quantitative estimate of drug-likeness (QED) is 0.599. The molecule has 0 spiro atoms. The highest BCUT2D eigenvalue weighted by Gasteiger charge is 2.16. The number of carboxylic acids is 1. The van der Waals surface area contributed by atoms with E-state index in [1.54, 1.807) is 0 Å². The van der Waals surface area contributed by atoms with Gasteiger partial charge in [-0.1, -0.05) is 6.42 Å². The Balaban J connectivity index is 2.13. The number of carbonyl (C=O) groups excluding carboxylic acids is 1. The predicted octanol–water partition coefficient (Wildman–Crippen LogP) is 0.515. The maximum Gasteiger partial charge on any atom is 0.306 e. The molecule has 1 fully saturated rings. The summed E-state index contributed by atoms with van der Waals surface area (Å²) < 4.78 is 5.00. The van der Waals surface area contributed by atoms with Crippen molar-refractivity contribution >= 4 is 11.9 Å². The van der Waals surface area contributed by atoms with E-state index >= 15 is 0 Å². The fourth-order valence-electron chi connectivity index (χ4n) is 2.23. The van der Waals surface area contributed by atoms with Gasteiger partial charge in [-0.25, -0.2) is 0 Å². The van der Waals surface area contributed by atoms with Gasteiger partial charge >= 0.3 is 5.97 Å². The number of rotatable bonds is 8. The van der Waals surface area contributed by atoms with Gasteiger partial charge in [0, 0.05) is 26.1 Å². The number of aliphatic carboxylic acids is 1. The number of methoxy groups -OCH3 is 1. The third-order valence-electron chi connectivity index (χ3n) is 3.39. The Kier molecular flexibility index (Phi) is 7.43. The second kappa shape index (κ2) is 8.87. The highest BCUT2D eigenvalue weighted by molar-refractivity contribution is 5.76. The molecule has 0 bridgehead atoms. The van der Waals surface area contributed by atoms with E-state index in [-0.39, 0.29) is 18.9 Å². The molecule has 1 saturated heterocycles. The molecule has 0 aromatic carbocycles. The van der Waals surface area contributed by atoms with Gasteiger partial charge in [0.1, 0.15) is 0 Å². The average Bonchev–Trinajstić information content (AvgIpc) is 2.42. The first-order chi connectivity index (χ1) is 9.11. The highest BCUT2D eigenvalue weighted by atomic mass is 16.5. The van der Waals surface area contributed by atoms with E-state index in [4.69, 9.17) is 9.84 Å². The van der Waals surface area contributed by atoms with Gasteiger partial charge in [-0.05, 0) is 25.8 Å². The molecule has 1 rings (SSSR count). The number of hydrogen-bond acceptors (Lipinski definition) is 4. The monoisotopic (exact) mass is 272 g/mol. The van der Waals surface area contributed by atoms with Crippen molar-refractivity contribution < 1.29 is 19.4 Å². The molecule has 1 aliphatic rings. The third kappa shape index (κ3) is 7.12.